The van der Waals surface area contributed by atoms with Crippen molar-refractivity contribution in [1.29, 1.82) is 0 Å². The zero-order valence-corrected chi connectivity index (χ0v) is 37.2. The molecule has 324 valence electrons. The summed E-state index contributed by atoms with van der Waals surface area (Å²) in [7, 11) is 1.71. The number of allylic oxidation sites excluding steroid dienone is 2. The maximum atomic E-state index is 13.7. The molecule has 1 atom stereocenters. The van der Waals surface area contributed by atoms with Gasteiger partial charge >= 0.3 is 17.9 Å². The Morgan fingerprint density at radius 1 is 0.794 bits per heavy atom. The number of aromatic nitrogens is 1. The minimum absolute atomic E-state index is 0.0856. The summed E-state index contributed by atoms with van der Waals surface area (Å²) in [6, 6.07) is 32.6. The number of benzene rings is 5. The van der Waals surface area contributed by atoms with E-state index in [0.29, 0.717) is 49.5 Å². The van der Waals surface area contributed by atoms with Gasteiger partial charge in [0.15, 0.2) is 4.90 Å². The molecule has 14 heteroatoms. The van der Waals surface area contributed by atoms with Crippen LogP contribution >= 0.6 is 23.2 Å². The number of aromatic carboxylic acids is 1. The minimum Gasteiger partial charge on any atom is -0.612 e. The molecule has 7 rings (SSSR count). The summed E-state index contributed by atoms with van der Waals surface area (Å²) < 4.78 is 26.8. The Balaban J connectivity index is 0.000000181. The Bertz CT molecular complexity index is 2760. The molecule has 5 aromatic carbocycles. The Morgan fingerprint density at radius 3 is 2.06 bits per heavy atom. The number of anilines is 2. The number of carboxylic acids is 3. The van der Waals surface area contributed by atoms with Crippen LogP contribution in [0.1, 0.15) is 73.3 Å². The van der Waals surface area contributed by atoms with Crippen molar-refractivity contribution >= 4 is 86.7 Å². The Labute approximate surface area is 377 Å². The summed E-state index contributed by atoms with van der Waals surface area (Å²) in [6.45, 7) is 5.67. The average molecular weight is 910 g/mol. The summed E-state index contributed by atoms with van der Waals surface area (Å²) >= 11 is 11.2. The van der Waals surface area contributed by atoms with Crippen LogP contribution in [0, 0.1) is 19.7 Å². The Hall–Kier alpha value is -6.44. The topological polar surface area (TPSA) is 169 Å². The summed E-state index contributed by atoms with van der Waals surface area (Å²) in [4.78, 5) is 46.1. The van der Waals surface area contributed by atoms with Crippen LogP contribution in [0.3, 0.4) is 0 Å². The van der Waals surface area contributed by atoms with E-state index in [1.807, 2.05) is 51.1 Å². The second-order valence-electron chi connectivity index (χ2n) is 14.5. The van der Waals surface area contributed by atoms with Crippen molar-refractivity contribution in [2.24, 2.45) is 7.05 Å². The third kappa shape index (κ3) is 11.9. The number of halogens is 3. The van der Waals surface area contributed by atoms with Crippen molar-refractivity contribution in [3.63, 3.8) is 0 Å². The van der Waals surface area contributed by atoms with E-state index in [4.69, 9.17) is 38.5 Å². The molecule has 1 aliphatic rings. The second-order valence-corrected chi connectivity index (χ2v) is 16.7. The molecular formula is C49H43Cl2FN2O8S. The average Bonchev–Trinajstić information content (AvgIpc) is 3.72. The van der Waals surface area contributed by atoms with Crippen molar-refractivity contribution in [2.45, 2.75) is 38.5 Å². The van der Waals surface area contributed by atoms with Crippen molar-refractivity contribution in [3.05, 3.63) is 187 Å². The molecular weight excluding hydrogens is 867 g/mol. The number of nitrogens with zero attached hydrogens (tertiary/aromatic N) is 1. The van der Waals surface area contributed by atoms with Crippen LogP contribution in [0.4, 0.5) is 15.8 Å². The molecule has 0 aliphatic heterocycles. The lowest BCUT2D eigenvalue weighted by Crippen LogP contribution is -2.11. The van der Waals surface area contributed by atoms with E-state index in [9.17, 15) is 28.1 Å². The van der Waals surface area contributed by atoms with Crippen LogP contribution in [0.2, 0.25) is 10.0 Å². The molecule has 1 aromatic heterocycles. The highest BCUT2D eigenvalue weighted by molar-refractivity contribution is 7.90. The molecule has 6 aromatic rings. The molecule has 0 bridgehead atoms. The van der Waals surface area contributed by atoms with Crippen molar-refractivity contribution < 1.29 is 43.4 Å². The van der Waals surface area contributed by atoms with Gasteiger partial charge in [0, 0.05) is 18.3 Å². The SMILES string of the molecule is CC1=C(CC(=O)O)c2cc(F)ccc2/C1=C\c1ccc([S+](C)[O-])cc1.Cc1ccc(C(=O)c2ccc(CC(=O)O)n2C)cc1.Cc1ccc(Cl)c(Nc2ccccc2C(=O)O)c1Cl. The summed E-state index contributed by atoms with van der Waals surface area (Å²) in [5.41, 5.74) is 9.54. The monoisotopic (exact) mass is 908 g/mol. The van der Waals surface area contributed by atoms with E-state index < -0.39 is 29.1 Å². The maximum absolute atomic E-state index is 13.7. The van der Waals surface area contributed by atoms with Crippen molar-refractivity contribution in [2.75, 3.05) is 11.6 Å². The van der Waals surface area contributed by atoms with E-state index in [1.54, 1.807) is 90.7 Å². The predicted octanol–water partition coefficient (Wildman–Crippen LogP) is 11.3. The number of carbonyl (C=O) groups excluding carboxylic acids is 1. The third-order valence-electron chi connectivity index (χ3n) is 10.1. The number of hydrogen-bond donors (Lipinski definition) is 4. The number of aryl methyl sites for hydroxylation is 2. The molecule has 1 heterocycles. The highest BCUT2D eigenvalue weighted by atomic mass is 35.5. The first-order chi connectivity index (χ1) is 29.9. The van der Waals surface area contributed by atoms with E-state index in [1.165, 1.54) is 18.2 Å². The lowest BCUT2D eigenvalue weighted by atomic mass is 10.0. The van der Waals surface area contributed by atoms with Crippen LogP contribution in [0.15, 0.2) is 126 Å². The molecule has 0 spiro atoms. The standard InChI is InChI=1S/C20H17FO3S.C15H15NO3.C14H11Cl2NO2/c1-12-17(9-13-3-6-15(7-4-13)25(2)24)16-8-5-14(21)10-19(16)18(12)11-20(22)23;1-10-3-5-11(6-4-10)15(19)13-8-7-12(16(13)2)9-14(17)18;1-8-6-7-10(15)13(12(8)16)17-11-5-3-2-4-9(11)14(18)19/h3-10H,11H2,1-2H3,(H,22,23);3-8H,9H2,1-2H3,(H,17,18);2-7,17H,1H3,(H,18,19)/b17-9-;;. The molecule has 10 nitrogen and oxygen atoms in total. The van der Waals surface area contributed by atoms with Crippen LogP contribution in [0.5, 0.6) is 0 Å². The van der Waals surface area contributed by atoms with Gasteiger partial charge in [-0.15, -0.1) is 0 Å². The van der Waals surface area contributed by atoms with Gasteiger partial charge in [0.05, 0.1) is 45.5 Å². The van der Waals surface area contributed by atoms with Gasteiger partial charge in [0.1, 0.15) is 12.1 Å². The van der Waals surface area contributed by atoms with E-state index in [0.717, 1.165) is 38.3 Å². The third-order valence-corrected chi connectivity index (χ3v) is 11.8. The summed E-state index contributed by atoms with van der Waals surface area (Å²) in [5, 5.41) is 31.0. The van der Waals surface area contributed by atoms with Crippen LogP contribution in [0.25, 0.3) is 17.2 Å². The molecule has 63 heavy (non-hydrogen) atoms. The zero-order valence-electron chi connectivity index (χ0n) is 34.8. The normalized spacial score (nSPS) is 12.7. The predicted molar refractivity (Wildman–Crippen MR) is 247 cm³/mol. The van der Waals surface area contributed by atoms with Gasteiger partial charge in [0.2, 0.25) is 5.78 Å². The number of rotatable bonds is 11. The lowest BCUT2D eigenvalue weighted by molar-refractivity contribution is -0.137. The number of carboxylic acid groups (broad SMARTS) is 3. The molecule has 0 fully saturated rings. The number of aliphatic carboxylic acids is 2. The Kier molecular flexibility index (Phi) is 15.9. The molecule has 0 radical (unpaired) electrons. The van der Waals surface area contributed by atoms with Crippen molar-refractivity contribution in [3.8, 4) is 0 Å². The van der Waals surface area contributed by atoms with Gasteiger partial charge in [-0.3, -0.25) is 14.4 Å². The number of carbonyl (C=O) groups is 4. The first kappa shape index (κ1) is 47.6. The highest BCUT2D eigenvalue weighted by Crippen LogP contribution is 2.44. The fraction of sp³-hybridized carbons (Fsp3) is 0.143. The number of nitrogens with one attached hydrogen (secondary N) is 1. The first-order valence-corrected chi connectivity index (χ1v) is 21.6. The van der Waals surface area contributed by atoms with Gasteiger partial charge in [-0.2, -0.15) is 0 Å². The van der Waals surface area contributed by atoms with E-state index in [2.05, 4.69) is 5.32 Å². The van der Waals surface area contributed by atoms with Crippen molar-refractivity contribution in [1.82, 2.24) is 4.57 Å². The molecule has 0 saturated carbocycles. The lowest BCUT2D eigenvalue weighted by Gasteiger charge is -2.13. The molecule has 0 amide bonds. The van der Waals surface area contributed by atoms with Crippen LogP contribution < -0.4 is 5.32 Å². The van der Waals surface area contributed by atoms with Crippen LogP contribution in [-0.4, -0.2) is 54.4 Å². The van der Waals surface area contributed by atoms with Gasteiger partial charge < -0.3 is 29.8 Å². The highest BCUT2D eigenvalue weighted by Gasteiger charge is 2.26. The van der Waals surface area contributed by atoms with E-state index in [-0.39, 0.29) is 30.0 Å². The fourth-order valence-corrected chi connectivity index (χ4v) is 7.69. The number of para-hydroxylation sites is 1. The first-order valence-electron chi connectivity index (χ1n) is 19.2. The van der Waals surface area contributed by atoms with Gasteiger partial charge in [0.25, 0.3) is 0 Å². The number of ketones is 1. The van der Waals surface area contributed by atoms with Crippen LogP contribution in [-0.2, 0) is 34.2 Å². The minimum atomic E-state index is -1.04. The van der Waals surface area contributed by atoms with Gasteiger partial charge in [-0.05, 0) is 144 Å². The second kappa shape index (κ2) is 21.1. The maximum Gasteiger partial charge on any atom is 0.337 e. The summed E-state index contributed by atoms with van der Waals surface area (Å²) in [6.07, 6.45) is 3.34. The summed E-state index contributed by atoms with van der Waals surface area (Å²) in [5.74, 6) is -3.34. The molecule has 0 saturated heterocycles. The quantitative estimate of drug-likeness (QED) is 0.0730. The van der Waals surface area contributed by atoms with E-state index >= 15 is 0 Å². The Morgan fingerprint density at radius 2 is 1.44 bits per heavy atom. The zero-order chi connectivity index (χ0) is 46.1. The van der Waals surface area contributed by atoms with Gasteiger partial charge in [-0.25, -0.2) is 9.18 Å². The molecule has 1 aliphatic carbocycles. The number of hydrogen-bond acceptors (Lipinski definition) is 6. The molecule has 1 unspecified atom stereocenters. The number of fused-ring (bicyclic) bond motifs is 1. The fourth-order valence-electron chi connectivity index (χ4n) is 6.71. The molecule has 4 N–H and O–H groups in total. The largest absolute Gasteiger partial charge is 0.612 e. The smallest absolute Gasteiger partial charge is 0.337 e. The van der Waals surface area contributed by atoms with Gasteiger partial charge in [-0.1, -0.05) is 77.3 Å².